The first-order valence-electron chi connectivity index (χ1n) is 7.76. The molecule has 1 aliphatic rings. The quantitative estimate of drug-likeness (QED) is 0.892. The minimum absolute atomic E-state index is 0.300. The molecule has 1 aromatic rings. The highest BCUT2D eigenvalue weighted by Crippen LogP contribution is 2.49. The molecule has 20 heavy (non-hydrogen) atoms. The molecule has 0 heterocycles. The van der Waals surface area contributed by atoms with E-state index in [9.17, 15) is 5.11 Å². The van der Waals surface area contributed by atoms with Crippen LogP contribution in [0.25, 0.3) is 0 Å². The highest BCUT2D eigenvalue weighted by Gasteiger charge is 2.45. The van der Waals surface area contributed by atoms with Gasteiger partial charge in [0.1, 0.15) is 5.75 Å². The number of methoxy groups -OCH3 is 1. The summed E-state index contributed by atoms with van der Waals surface area (Å²) in [6, 6.07) is 6.13. The summed E-state index contributed by atoms with van der Waals surface area (Å²) in [5.74, 6) is 2.14. The molecule has 112 valence electrons. The molecule has 2 nitrogen and oxygen atoms in total. The summed E-state index contributed by atoms with van der Waals surface area (Å²) >= 11 is 0. The smallest absolute Gasteiger partial charge is 0.124 e. The van der Waals surface area contributed by atoms with Crippen LogP contribution in [0.2, 0.25) is 0 Å². The lowest BCUT2D eigenvalue weighted by atomic mass is 9.64. The standard InChI is InChI=1S/C18H28O2/c1-12(2)15-8-6-14(4)11-18(15,19)16-10-13(3)7-9-17(16)20-5/h7,9-10,12,14-15,19H,6,8,11H2,1-5H3. The van der Waals surface area contributed by atoms with Gasteiger partial charge in [0.15, 0.2) is 0 Å². The molecule has 0 saturated heterocycles. The van der Waals surface area contributed by atoms with E-state index in [4.69, 9.17) is 4.74 Å². The third-order valence-electron chi connectivity index (χ3n) is 4.87. The van der Waals surface area contributed by atoms with E-state index in [-0.39, 0.29) is 0 Å². The van der Waals surface area contributed by atoms with Crippen LogP contribution in [0.3, 0.4) is 0 Å². The molecule has 1 aliphatic carbocycles. The lowest BCUT2D eigenvalue weighted by molar-refractivity contribution is -0.0878. The van der Waals surface area contributed by atoms with Gasteiger partial charge in [0.2, 0.25) is 0 Å². The summed E-state index contributed by atoms with van der Waals surface area (Å²) in [6.07, 6.45) is 3.13. The van der Waals surface area contributed by atoms with Crippen LogP contribution in [0.5, 0.6) is 5.75 Å². The van der Waals surface area contributed by atoms with Crippen LogP contribution >= 0.6 is 0 Å². The second-order valence-corrected chi connectivity index (χ2v) is 6.87. The second-order valence-electron chi connectivity index (χ2n) is 6.87. The minimum Gasteiger partial charge on any atom is -0.496 e. The number of hydrogen-bond donors (Lipinski definition) is 1. The predicted molar refractivity (Wildman–Crippen MR) is 83.0 cm³/mol. The fourth-order valence-electron chi connectivity index (χ4n) is 3.84. The minimum atomic E-state index is -0.761. The SMILES string of the molecule is COc1ccc(C)cc1C1(O)CC(C)CCC1C(C)C. The summed E-state index contributed by atoms with van der Waals surface area (Å²) in [4.78, 5) is 0. The molecule has 3 atom stereocenters. The molecule has 0 spiro atoms. The number of hydrogen-bond acceptors (Lipinski definition) is 2. The molecule has 1 saturated carbocycles. The first-order chi connectivity index (χ1) is 9.38. The number of rotatable bonds is 3. The van der Waals surface area contributed by atoms with E-state index < -0.39 is 5.60 Å². The van der Waals surface area contributed by atoms with Gasteiger partial charge in [-0.2, -0.15) is 0 Å². The Bertz CT molecular complexity index is 466. The van der Waals surface area contributed by atoms with Gasteiger partial charge in [-0.05, 0) is 49.7 Å². The van der Waals surface area contributed by atoms with E-state index >= 15 is 0 Å². The molecule has 1 N–H and O–H groups in total. The number of aliphatic hydroxyl groups is 1. The van der Waals surface area contributed by atoms with Crippen molar-refractivity contribution in [1.82, 2.24) is 0 Å². The average Bonchev–Trinajstić information content (AvgIpc) is 2.38. The van der Waals surface area contributed by atoms with Gasteiger partial charge in [-0.1, -0.05) is 38.8 Å². The van der Waals surface area contributed by atoms with Crippen molar-refractivity contribution in [2.75, 3.05) is 7.11 Å². The second kappa shape index (κ2) is 5.77. The Hall–Kier alpha value is -1.02. The zero-order valence-corrected chi connectivity index (χ0v) is 13.4. The molecule has 1 aromatic carbocycles. The molecule has 0 radical (unpaired) electrons. The summed E-state index contributed by atoms with van der Waals surface area (Å²) in [5, 5.41) is 11.5. The van der Waals surface area contributed by atoms with Crippen molar-refractivity contribution in [3.05, 3.63) is 29.3 Å². The monoisotopic (exact) mass is 276 g/mol. The Balaban J connectivity index is 2.52. The normalized spacial score (nSPS) is 30.6. The summed E-state index contributed by atoms with van der Waals surface area (Å²) in [6.45, 7) is 8.74. The number of benzene rings is 1. The molecular weight excluding hydrogens is 248 g/mol. The Kier molecular flexibility index (Phi) is 4.43. The highest BCUT2D eigenvalue weighted by atomic mass is 16.5. The van der Waals surface area contributed by atoms with Crippen LogP contribution in [0.1, 0.15) is 51.2 Å². The van der Waals surface area contributed by atoms with Gasteiger partial charge in [-0.3, -0.25) is 0 Å². The molecule has 2 heteroatoms. The summed E-state index contributed by atoms with van der Waals surface area (Å²) in [5.41, 5.74) is 1.39. The van der Waals surface area contributed by atoms with Crippen molar-refractivity contribution in [3.8, 4) is 5.75 Å². The Morgan fingerprint density at radius 3 is 2.60 bits per heavy atom. The van der Waals surface area contributed by atoms with Gasteiger partial charge in [0, 0.05) is 5.56 Å². The van der Waals surface area contributed by atoms with Crippen molar-refractivity contribution in [3.63, 3.8) is 0 Å². The topological polar surface area (TPSA) is 29.5 Å². The van der Waals surface area contributed by atoms with E-state index in [1.165, 1.54) is 12.0 Å². The van der Waals surface area contributed by atoms with Gasteiger partial charge >= 0.3 is 0 Å². The molecule has 0 aliphatic heterocycles. The average molecular weight is 276 g/mol. The maximum atomic E-state index is 11.5. The first kappa shape index (κ1) is 15.4. The largest absolute Gasteiger partial charge is 0.496 e. The first-order valence-corrected chi connectivity index (χ1v) is 7.76. The Morgan fingerprint density at radius 2 is 2.00 bits per heavy atom. The van der Waals surface area contributed by atoms with E-state index in [1.807, 2.05) is 12.1 Å². The van der Waals surface area contributed by atoms with Crippen LogP contribution in [0.4, 0.5) is 0 Å². The highest BCUT2D eigenvalue weighted by molar-refractivity contribution is 5.42. The van der Waals surface area contributed by atoms with E-state index in [0.717, 1.165) is 24.2 Å². The summed E-state index contributed by atoms with van der Waals surface area (Å²) < 4.78 is 5.52. The molecule has 3 unspecified atom stereocenters. The Morgan fingerprint density at radius 1 is 1.30 bits per heavy atom. The lowest BCUT2D eigenvalue weighted by Gasteiger charge is -2.45. The predicted octanol–water partition coefficient (Wildman–Crippen LogP) is 4.28. The van der Waals surface area contributed by atoms with Crippen molar-refractivity contribution in [2.24, 2.45) is 17.8 Å². The van der Waals surface area contributed by atoms with Crippen LogP contribution in [-0.4, -0.2) is 12.2 Å². The third kappa shape index (κ3) is 2.71. The molecule has 1 fully saturated rings. The van der Waals surface area contributed by atoms with Crippen molar-refractivity contribution in [2.45, 2.75) is 52.6 Å². The van der Waals surface area contributed by atoms with E-state index in [2.05, 4.69) is 33.8 Å². The fraction of sp³-hybridized carbons (Fsp3) is 0.667. The van der Waals surface area contributed by atoms with Crippen LogP contribution < -0.4 is 4.74 Å². The third-order valence-corrected chi connectivity index (χ3v) is 4.87. The molecular formula is C18H28O2. The van der Waals surface area contributed by atoms with Crippen LogP contribution in [0, 0.1) is 24.7 Å². The zero-order chi connectivity index (χ0) is 14.9. The van der Waals surface area contributed by atoms with E-state index in [0.29, 0.717) is 17.8 Å². The number of aryl methyl sites for hydroxylation is 1. The maximum Gasteiger partial charge on any atom is 0.124 e. The van der Waals surface area contributed by atoms with Gasteiger partial charge in [-0.25, -0.2) is 0 Å². The van der Waals surface area contributed by atoms with E-state index in [1.54, 1.807) is 7.11 Å². The summed E-state index contributed by atoms with van der Waals surface area (Å²) in [7, 11) is 1.69. The molecule has 0 bridgehead atoms. The van der Waals surface area contributed by atoms with Crippen LogP contribution in [-0.2, 0) is 5.60 Å². The molecule has 0 amide bonds. The zero-order valence-electron chi connectivity index (χ0n) is 13.4. The molecule has 2 rings (SSSR count). The molecule has 0 aromatic heterocycles. The fourth-order valence-corrected chi connectivity index (χ4v) is 3.84. The Labute approximate surface area is 123 Å². The van der Waals surface area contributed by atoms with Crippen LogP contribution in [0.15, 0.2) is 18.2 Å². The van der Waals surface area contributed by atoms with Gasteiger partial charge < -0.3 is 9.84 Å². The maximum absolute atomic E-state index is 11.5. The van der Waals surface area contributed by atoms with Gasteiger partial charge in [0.05, 0.1) is 12.7 Å². The lowest BCUT2D eigenvalue weighted by Crippen LogP contribution is -2.43. The van der Waals surface area contributed by atoms with Gasteiger partial charge in [-0.15, -0.1) is 0 Å². The van der Waals surface area contributed by atoms with Crippen molar-refractivity contribution < 1.29 is 9.84 Å². The van der Waals surface area contributed by atoms with Crippen molar-refractivity contribution >= 4 is 0 Å². The van der Waals surface area contributed by atoms with Crippen molar-refractivity contribution in [1.29, 1.82) is 0 Å². The van der Waals surface area contributed by atoms with Gasteiger partial charge in [0.25, 0.3) is 0 Å². The number of ether oxygens (including phenoxy) is 1.